The lowest BCUT2D eigenvalue weighted by molar-refractivity contribution is 0.332. The number of halogens is 2. The van der Waals surface area contributed by atoms with Crippen molar-refractivity contribution in [2.75, 3.05) is 6.54 Å². The maximum absolute atomic E-state index is 15.0. The quantitative estimate of drug-likeness (QED) is 0.397. The van der Waals surface area contributed by atoms with Gasteiger partial charge in [0, 0.05) is 43.4 Å². The number of aromatic nitrogens is 2. The van der Waals surface area contributed by atoms with Gasteiger partial charge < -0.3 is 0 Å². The smallest absolute Gasteiger partial charge is 0.129 e. The summed E-state index contributed by atoms with van der Waals surface area (Å²) in [6.45, 7) is 4.97. The fourth-order valence-electron chi connectivity index (χ4n) is 4.84. The lowest BCUT2D eigenvalue weighted by atomic mass is 9.66. The molecule has 0 spiro atoms. The SMILES string of the molecule is C[C@@H](c1ccc(-c2ccnn2C)cc1)[C@](C)(CCCC1C=NC=NC1)c1ccc(F)cc1F. The van der Waals surface area contributed by atoms with E-state index in [1.54, 1.807) is 18.6 Å². The zero-order valence-corrected chi connectivity index (χ0v) is 19.4. The molecule has 4 rings (SSSR count). The number of hydrogen-bond donors (Lipinski definition) is 0. The van der Waals surface area contributed by atoms with Crippen molar-refractivity contribution in [3.8, 4) is 11.3 Å². The van der Waals surface area contributed by atoms with Crippen LogP contribution >= 0.6 is 0 Å². The number of rotatable bonds is 8. The summed E-state index contributed by atoms with van der Waals surface area (Å²) in [7, 11) is 1.92. The molecule has 3 atom stereocenters. The second-order valence-corrected chi connectivity index (χ2v) is 9.16. The monoisotopic (exact) mass is 448 g/mol. The summed E-state index contributed by atoms with van der Waals surface area (Å²) < 4.78 is 30.5. The molecule has 172 valence electrons. The van der Waals surface area contributed by atoms with Gasteiger partial charge in [0.2, 0.25) is 0 Å². The summed E-state index contributed by atoms with van der Waals surface area (Å²) in [5, 5.41) is 4.24. The third-order valence-electron chi connectivity index (χ3n) is 7.09. The molecule has 0 bridgehead atoms. The van der Waals surface area contributed by atoms with E-state index in [1.807, 2.05) is 24.0 Å². The van der Waals surface area contributed by atoms with E-state index < -0.39 is 17.0 Å². The lowest BCUT2D eigenvalue weighted by Crippen LogP contribution is -2.30. The predicted octanol–water partition coefficient (Wildman–Crippen LogP) is 6.33. The number of nitrogens with zero attached hydrogens (tertiary/aromatic N) is 4. The fourth-order valence-corrected chi connectivity index (χ4v) is 4.84. The minimum Gasteiger partial charge on any atom is -0.273 e. The Kier molecular flexibility index (Phi) is 6.82. The van der Waals surface area contributed by atoms with Gasteiger partial charge in [0.25, 0.3) is 0 Å². The van der Waals surface area contributed by atoms with Crippen LogP contribution in [0.4, 0.5) is 8.78 Å². The van der Waals surface area contributed by atoms with Crippen LogP contribution in [0.3, 0.4) is 0 Å². The summed E-state index contributed by atoms with van der Waals surface area (Å²) in [5.74, 6) is -0.704. The summed E-state index contributed by atoms with van der Waals surface area (Å²) in [6, 6.07) is 14.3. The minimum atomic E-state index is -0.553. The highest BCUT2D eigenvalue weighted by molar-refractivity contribution is 5.76. The number of aryl methyl sites for hydroxylation is 1. The van der Waals surface area contributed by atoms with Gasteiger partial charge in [-0.25, -0.2) is 13.8 Å². The summed E-state index contributed by atoms with van der Waals surface area (Å²) in [5.41, 5.74) is 3.30. The summed E-state index contributed by atoms with van der Waals surface area (Å²) in [6.07, 6.45) is 7.92. The first-order valence-corrected chi connectivity index (χ1v) is 11.4. The molecular formula is C27H30F2N4. The van der Waals surface area contributed by atoms with Crippen LogP contribution in [-0.4, -0.2) is 28.9 Å². The first-order valence-electron chi connectivity index (χ1n) is 11.4. The highest BCUT2D eigenvalue weighted by Gasteiger charge is 2.36. The number of benzene rings is 2. The van der Waals surface area contributed by atoms with E-state index in [2.05, 4.69) is 53.2 Å². The van der Waals surface area contributed by atoms with Gasteiger partial charge in [-0.15, -0.1) is 0 Å². The van der Waals surface area contributed by atoms with Gasteiger partial charge >= 0.3 is 0 Å². The predicted molar refractivity (Wildman–Crippen MR) is 130 cm³/mol. The molecule has 1 aromatic heterocycles. The Hall–Kier alpha value is -3.15. The van der Waals surface area contributed by atoms with Gasteiger partial charge in [0.15, 0.2) is 0 Å². The minimum absolute atomic E-state index is 0.0242. The van der Waals surface area contributed by atoms with Crippen LogP contribution in [0.5, 0.6) is 0 Å². The molecule has 1 unspecified atom stereocenters. The first-order chi connectivity index (χ1) is 15.9. The van der Waals surface area contributed by atoms with Gasteiger partial charge in [-0.05, 0) is 47.6 Å². The average molecular weight is 449 g/mol. The molecule has 2 heterocycles. The summed E-state index contributed by atoms with van der Waals surface area (Å²) >= 11 is 0. The molecule has 0 radical (unpaired) electrons. The Morgan fingerprint density at radius 1 is 1.12 bits per heavy atom. The van der Waals surface area contributed by atoms with E-state index in [1.165, 1.54) is 6.07 Å². The third-order valence-corrected chi connectivity index (χ3v) is 7.09. The van der Waals surface area contributed by atoms with Crippen molar-refractivity contribution in [1.82, 2.24) is 9.78 Å². The van der Waals surface area contributed by atoms with E-state index in [0.717, 1.165) is 48.7 Å². The van der Waals surface area contributed by atoms with Gasteiger partial charge in [0.05, 0.1) is 5.69 Å². The zero-order valence-electron chi connectivity index (χ0n) is 19.4. The molecule has 0 aliphatic carbocycles. The van der Waals surface area contributed by atoms with Gasteiger partial charge in [-0.2, -0.15) is 5.10 Å². The van der Waals surface area contributed by atoms with Gasteiger partial charge in [-0.1, -0.05) is 50.6 Å². The van der Waals surface area contributed by atoms with E-state index in [9.17, 15) is 4.39 Å². The van der Waals surface area contributed by atoms with Crippen LogP contribution in [-0.2, 0) is 12.5 Å². The topological polar surface area (TPSA) is 42.5 Å². The van der Waals surface area contributed by atoms with Crippen molar-refractivity contribution in [3.63, 3.8) is 0 Å². The van der Waals surface area contributed by atoms with Crippen LogP contribution in [0.1, 0.15) is 50.2 Å². The Bertz CT molecular complexity index is 1150. The Morgan fingerprint density at radius 3 is 2.55 bits per heavy atom. The molecule has 1 aliphatic heterocycles. The molecule has 33 heavy (non-hydrogen) atoms. The highest BCUT2D eigenvalue weighted by atomic mass is 19.1. The van der Waals surface area contributed by atoms with Crippen LogP contribution in [0.15, 0.2) is 64.7 Å². The third kappa shape index (κ3) is 4.95. The van der Waals surface area contributed by atoms with Gasteiger partial charge in [-0.3, -0.25) is 9.67 Å². The number of aliphatic imine (C=N–C) groups is 2. The van der Waals surface area contributed by atoms with Crippen LogP contribution < -0.4 is 0 Å². The molecule has 2 aromatic carbocycles. The van der Waals surface area contributed by atoms with Crippen molar-refractivity contribution in [1.29, 1.82) is 0 Å². The molecule has 0 saturated carbocycles. The van der Waals surface area contributed by atoms with E-state index in [0.29, 0.717) is 11.5 Å². The molecule has 6 heteroatoms. The van der Waals surface area contributed by atoms with Crippen molar-refractivity contribution in [2.24, 2.45) is 23.0 Å². The maximum atomic E-state index is 15.0. The summed E-state index contributed by atoms with van der Waals surface area (Å²) in [4.78, 5) is 8.39. The fraction of sp³-hybridized carbons (Fsp3) is 0.370. The first kappa shape index (κ1) is 23.0. The highest BCUT2D eigenvalue weighted by Crippen LogP contribution is 2.44. The maximum Gasteiger partial charge on any atom is 0.129 e. The lowest BCUT2D eigenvalue weighted by Gasteiger charge is -2.37. The van der Waals surface area contributed by atoms with Crippen LogP contribution in [0, 0.1) is 17.6 Å². The van der Waals surface area contributed by atoms with Crippen molar-refractivity contribution >= 4 is 12.6 Å². The second-order valence-electron chi connectivity index (χ2n) is 9.16. The molecule has 0 N–H and O–H groups in total. The molecule has 0 saturated heterocycles. The van der Waals surface area contributed by atoms with E-state index in [4.69, 9.17) is 0 Å². The Labute approximate surface area is 194 Å². The largest absolute Gasteiger partial charge is 0.273 e. The van der Waals surface area contributed by atoms with E-state index in [-0.39, 0.29) is 5.92 Å². The van der Waals surface area contributed by atoms with Crippen LogP contribution in [0.2, 0.25) is 0 Å². The van der Waals surface area contributed by atoms with Crippen molar-refractivity contribution in [2.45, 2.75) is 44.4 Å². The molecule has 0 amide bonds. The van der Waals surface area contributed by atoms with Crippen molar-refractivity contribution < 1.29 is 8.78 Å². The van der Waals surface area contributed by atoms with Crippen molar-refractivity contribution in [3.05, 3.63) is 77.5 Å². The van der Waals surface area contributed by atoms with E-state index >= 15 is 4.39 Å². The molecular weight excluding hydrogens is 418 g/mol. The number of hydrogen-bond acceptors (Lipinski definition) is 3. The average Bonchev–Trinajstić information content (AvgIpc) is 3.25. The standard InChI is InChI=1S/C27H30F2N4/c1-19(21-6-8-22(9-7-21)26-12-14-32-33(26)3)27(2,24-11-10-23(28)15-25(24)29)13-4-5-20-16-30-18-31-17-20/h6-12,14-16,18-20H,4-5,13,17H2,1-3H3/t19-,20?,27-/m0/s1. The zero-order chi connectivity index (χ0) is 23.4. The Morgan fingerprint density at radius 2 is 1.91 bits per heavy atom. The van der Waals surface area contributed by atoms with Gasteiger partial charge in [0.1, 0.15) is 18.0 Å². The molecule has 0 fully saturated rings. The molecule has 1 aliphatic rings. The molecule has 4 nitrogen and oxygen atoms in total. The Balaban J connectivity index is 1.60. The normalized spacial score (nSPS) is 18.3. The van der Waals surface area contributed by atoms with Crippen LogP contribution in [0.25, 0.3) is 11.3 Å². The molecule has 3 aromatic rings. The second kappa shape index (κ2) is 9.77.